The van der Waals surface area contributed by atoms with Gasteiger partial charge in [0.05, 0.1) is 11.5 Å². The molecule has 1 N–H and O–H groups in total. The molecule has 2 aromatic carbocycles. The van der Waals surface area contributed by atoms with Crippen molar-refractivity contribution in [2.24, 2.45) is 50.2 Å². The van der Waals surface area contributed by atoms with E-state index >= 15 is 4.79 Å². The maximum absolute atomic E-state index is 15.1. The third-order valence-corrected chi connectivity index (χ3v) is 15.6. The van der Waals surface area contributed by atoms with Gasteiger partial charge >= 0.3 is 11.9 Å². The molecule has 4 saturated carbocycles. The van der Waals surface area contributed by atoms with Crippen molar-refractivity contribution in [1.29, 1.82) is 0 Å². The Morgan fingerprint density at radius 3 is 2.04 bits per heavy atom. The van der Waals surface area contributed by atoms with Gasteiger partial charge in [-0.2, -0.15) is 0 Å². The van der Waals surface area contributed by atoms with E-state index in [0.717, 1.165) is 75.3 Å². The summed E-state index contributed by atoms with van der Waals surface area (Å²) in [5.74, 6) is 0.528. The number of allylic oxidation sites excluding steroid dienone is 1. The summed E-state index contributed by atoms with van der Waals surface area (Å²) in [6, 6.07) is 20.3. The number of aliphatic hydroxyl groups excluding tert-OH is 1. The van der Waals surface area contributed by atoms with Crippen LogP contribution in [-0.2, 0) is 19.1 Å². The van der Waals surface area contributed by atoms with E-state index in [9.17, 15) is 9.90 Å². The van der Waals surface area contributed by atoms with Crippen molar-refractivity contribution in [3.05, 3.63) is 83.4 Å². The number of rotatable bonds is 6. The first-order valence-electron chi connectivity index (χ1n) is 19.4. The molecule has 0 amide bonds. The molecular weight excluding hydrogens is 620 g/mol. The van der Waals surface area contributed by atoms with Gasteiger partial charge in [-0.05, 0) is 115 Å². The molecule has 5 aliphatic carbocycles. The van der Waals surface area contributed by atoms with Crippen molar-refractivity contribution in [2.75, 3.05) is 6.61 Å². The molecule has 2 aromatic rings. The second kappa shape index (κ2) is 12.3. The Bertz CT molecular complexity index is 1590. The summed E-state index contributed by atoms with van der Waals surface area (Å²) in [5.41, 5.74) is 2.23. The zero-order valence-electron chi connectivity index (χ0n) is 31.6. The molecule has 0 saturated heterocycles. The average Bonchev–Trinajstić information content (AvgIpc) is 3.08. The van der Waals surface area contributed by atoms with Gasteiger partial charge in [0, 0.05) is 12.3 Å². The van der Waals surface area contributed by atoms with Crippen LogP contribution in [0, 0.1) is 50.2 Å². The predicted octanol–water partition coefficient (Wildman–Crippen LogP) is 10.0. The van der Waals surface area contributed by atoms with Gasteiger partial charge in [0.25, 0.3) is 0 Å². The normalized spacial score (nSPS) is 38.4. The summed E-state index contributed by atoms with van der Waals surface area (Å²) in [4.78, 5) is 27.8. The van der Waals surface area contributed by atoms with Gasteiger partial charge in [0.15, 0.2) is 6.10 Å². The smallest absolute Gasteiger partial charge is 0.313 e. The Kier molecular flexibility index (Phi) is 8.76. The molecule has 0 spiro atoms. The zero-order valence-corrected chi connectivity index (χ0v) is 31.6. The van der Waals surface area contributed by atoms with E-state index in [0.29, 0.717) is 18.4 Å². The quantitative estimate of drug-likeness (QED) is 0.243. The van der Waals surface area contributed by atoms with Crippen molar-refractivity contribution in [3.63, 3.8) is 0 Å². The first-order valence-corrected chi connectivity index (χ1v) is 19.4. The van der Waals surface area contributed by atoms with Crippen LogP contribution in [0.2, 0.25) is 0 Å². The maximum Gasteiger partial charge on any atom is 0.313 e. The number of carbonyl (C=O) groups excluding carboxylic acids is 2. The monoisotopic (exact) mass is 680 g/mol. The molecule has 0 bridgehead atoms. The standard InChI is InChI=1S/C45H60O5/c1-30(46)49-29-45-27-26-44(39(48)50-38(31-14-10-8-11-15-31)32-16-12-9-13-17-32)25-24-40(2,3)28-34(44)33(45)18-19-36-42(6)22-21-37(47)41(4,5)35(42)20-23-43(36,45)7/h8-18,34-38,47H,19-29H2,1-7H3/t34?,35?,36-,37?,42+,43-,44+,45+/m1/s1. The van der Waals surface area contributed by atoms with Crippen LogP contribution in [0.1, 0.15) is 130 Å². The number of fused-ring (bicyclic) bond motifs is 7. The molecule has 5 nitrogen and oxygen atoms in total. The van der Waals surface area contributed by atoms with E-state index < -0.39 is 11.5 Å². The van der Waals surface area contributed by atoms with E-state index in [1.807, 2.05) is 36.4 Å². The summed E-state index contributed by atoms with van der Waals surface area (Å²) in [5, 5.41) is 11.2. The second-order valence-electron chi connectivity index (χ2n) is 18.9. The van der Waals surface area contributed by atoms with Crippen molar-refractivity contribution < 1.29 is 24.2 Å². The van der Waals surface area contributed by atoms with Gasteiger partial charge < -0.3 is 14.6 Å². The van der Waals surface area contributed by atoms with Gasteiger partial charge in [0.2, 0.25) is 0 Å². The van der Waals surface area contributed by atoms with Crippen molar-refractivity contribution >= 4 is 11.9 Å². The number of carbonyl (C=O) groups is 2. The van der Waals surface area contributed by atoms with E-state index in [1.54, 1.807) is 0 Å². The number of esters is 2. The Balaban J connectivity index is 1.32. The lowest BCUT2D eigenvalue weighted by Crippen LogP contribution is -2.66. The third kappa shape index (κ3) is 5.34. The van der Waals surface area contributed by atoms with E-state index in [2.05, 4.69) is 71.9 Å². The highest BCUT2D eigenvalue weighted by Gasteiger charge is 2.71. The third-order valence-electron chi connectivity index (χ3n) is 15.6. The van der Waals surface area contributed by atoms with Crippen LogP contribution in [0.4, 0.5) is 0 Å². The van der Waals surface area contributed by atoms with Crippen molar-refractivity contribution in [2.45, 2.75) is 125 Å². The minimum Gasteiger partial charge on any atom is -0.465 e. The Labute approximate surface area is 300 Å². The number of aliphatic hydroxyl groups is 1. The largest absolute Gasteiger partial charge is 0.465 e. The van der Waals surface area contributed by atoms with Crippen molar-refractivity contribution in [3.8, 4) is 0 Å². The first-order chi connectivity index (χ1) is 23.6. The van der Waals surface area contributed by atoms with E-state index in [-0.39, 0.29) is 51.0 Å². The van der Waals surface area contributed by atoms with Gasteiger partial charge in [-0.25, -0.2) is 0 Å². The fourth-order valence-electron chi connectivity index (χ4n) is 12.7. The molecule has 270 valence electrons. The number of hydrogen-bond donors (Lipinski definition) is 1. The summed E-state index contributed by atoms with van der Waals surface area (Å²) in [6.07, 6.45) is 10.9. The van der Waals surface area contributed by atoms with Crippen LogP contribution in [-0.4, -0.2) is 29.8 Å². The lowest BCUT2D eigenvalue weighted by Gasteiger charge is -2.71. The molecule has 5 heteroatoms. The van der Waals surface area contributed by atoms with Crippen molar-refractivity contribution in [1.82, 2.24) is 0 Å². The first kappa shape index (κ1) is 35.5. The highest BCUT2D eigenvalue weighted by molar-refractivity contribution is 5.79. The van der Waals surface area contributed by atoms with Crippen LogP contribution in [0.15, 0.2) is 72.3 Å². The zero-order chi connectivity index (χ0) is 35.7. The van der Waals surface area contributed by atoms with Gasteiger partial charge in [-0.3, -0.25) is 9.59 Å². The molecule has 7 rings (SSSR count). The highest BCUT2D eigenvalue weighted by atomic mass is 16.5. The highest BCUT2D eigenvalue weighted by Crippen LogP contribution is 2.76. The Hall–Kier alpha value is -2.92. The molecule has 50 heavy (non-hydrogen) atoms. The molecule has 0 heterocycles. The Morgan fingerprint density at radius 2 is 1.42 bits per heavy atom. The SMILES string of the molecule is CC(=O)OC[C@@]12CC[C@@]3(C(=O)OC(c4ccccc4)c4ccccc4)CCC(C)(C)CC3C1=CC[C@@H]1[C@@]3(C)CCC(O)C(C)(C)C3CC[C@]12C. The number of ether oxygens (including phenoxy) is 2. The van der Waals surface area contributed by atoms with E-state index in [4.69, 9.17) is 9.47 Å². The van der Waals surface area contributed by atoms with Gasteiger partial charge in [-0.1, -0.05) is 114 Å². The molecule has 3 unspecified atom stereocenters. The fourth-order valence-corrected chi connectivity index (χ4v) is 12.7. The molecule has 4 fully saturated rings. The van der Waals surface area contributed by atoms with E-state index in [1.165, 1.54) is 12.5 Å². The Morgan fingerprint density at radius 1 is 0.800 bits per heavy atom. The van der Waals surface area contributed by atoms with Crippen LogP contribution in [0.5, 0.6) is 0 Å². The topological polar surface area (TPSA) is 72.8 Å². The molecule has 0 aliphatic heterocycles. The second-order valence-corrected chi connectivity index (χ2v) is 18.9. The molecular formula is C45H60O5. The van der Waals surface area contributed by atoms with Crippen LogP contribution < -0.4 is 0 Å². The van der Waals surface area contributed by atoms with Crippen LogP contribution in [0.25, 0.3) is 0 Å². The molecule has 0 aromatic heterocycles. The average molecular weight is 681 g/mol. The van der Waals surface area contributed by atoms with Gasteiger partial charge in [-0.15, -0.1) is 0 Å². The minimum absolute atomic E-state index is 0.0168. The van der Waals surface area contributed by atoms with Crippen LogP contribution >= 0.6 is 0 Å². The number of benzene rings is 2. The lowest BCUT2D eigenvalue weighted by molar-refractivity contribution is -0.218. The molecule has 5 aliphatic rings. The summed E-state index contributed by atoms with van der Waals surface area (Å²) in [7, 11) is 0. The maximum atomic E-state index is 15.1. The lowest BCUT2D eigenvalue weighted by atomic mass is 9.33. The minimum atomic E-state index is -0.635. The summed E-state index contributed by atoms with van der Waals surface area (Å²) < 4.78 is 12.9. The summed E-state index contributed by atoms with van der Waals surface area (Å²) in [6.45, 7) is 16.2. The molecule has 8 atom stereocenters. The summed E-state index contributed by atoms with van der Waals surface area (Å²) >= 11 is 0. The molecule has 0 radical (unpaired) electrons. The van der Waals surface area contributed by atoms with Crippen LogP contribution in [0.3, 0.4) is 0 Å². The van der Waals surface area contributed by atoms with Gasteiger partial charge in [0.1, 0.15) is 6.61 Å². The number of hydrogen-bond acceptors (Lipinski definition) is 5. The fraction of sp³-hybridized carbons (Fsp3) is 0.644. The predicted molar refractivity (Wildman–Crippen MR) is 197 cm³/mol.